The number of benzene rings is 2. The lowest BCUT2D eigenvalue weighted by molar-refractivity contribution is -0.242. The third-order valence-corrected chi connectivity index (χ3v) is 7.29. The number of aliphatic hydroxyl groups is 1. The highest BCUT2D eigenvalue weighted by Crippen LogP contribution is 2.43. The molecule has 0 aromatic heterocycles. The van der Waals surface area contributed by atoms with Crippen LogP contribution in [0, 0.1) is 6.92 Å². The third kappa shape index (κ3) is 5.71. The number of alkyl halides is 6. The van der Waals surface area contributed by atoms with Crippen molar-refractivity contribution in [2.24, 2.45) is 0 Å². The molecule has 0 aliphatic carbocycles. The van der Waals surface area contributed by atoms with E-state index in [9.17, 15) is 44.7 Å². The lowest BCUT2D eigenvalue weighted by atomic mass is 10.1. The number of halogens is 6. The number of carbonyl (C=O) groups is 1. The van der Waals surface area contributed by atoms with Gasteiger partial charge in [0.15, 0.2) is 0 Å². The van der Waals surface area contributed by atoms with Crippen LogP contribution in [0.3, 0.4) is 0 Å². The molecule has 0 radical (unpaired) electrons. The molecule has 2 N–H and O–H groups in total. The van der Waals surface area contributed by atoms with Crippen molar-refractivity contribution in [2.75, 3.05) is 22.8 Å². The summed E-state index contributed by atoms with van der Waals surface area (Å²) in [4.78, 5) is 11.5. The Morgan fingerprint density at radius 3 is 2.38 bits per heavy atom. The lowest BCUT2D eigenvalue weighted by Crippen LogP contribution is -2.45. The molecule has 2 aromatic rings. The summed E-state index contributed by atoms with van der Waals surface area (Å²) in [6.45, 7) is 1.46. The van der Waals surface area contributed by atoms with Crippen LogP contribution in [0.2, 0.25) is 0 Å². The number of hydrogen-bond donors (Lipinski definition) is 2. The summed E-state index contributed by atoms with van der Waals surface area (Å²) >= 11 is 0. The number of carbonyl (C=O) groups excluding carboxylic acids is 1. The molecule has 0 saturated carbocycles. The Balaban J connectivity index is 2.05. The summed E-state index contributed by atoms with van der Waals surface area (Å²) in [7, 11) is -4.67. The van der Waals surface area contributed by atoms with E-state index in [-0.39, 0.29) is 22.7 Å². The van der Waals surface area contributed by atoms with Crippen molar-refractivity contribution in [1.82, 2.24) is 0 Å². The highest BCUT2D eigenvalue weighted by atomic mass is 32.2. The van der Waals surface area contributed by atoms with Crippen LogP contribution in [0.25, 0.3) is 0 Å². The number of nitrogens with one attached hydrogen (secondary N) is 1. The molecule has 204 valence electrons. The van der Waals surface area contributed by atoms with Crippen molar-refractivity contribution >= 4 is 27.5 Å². The van der Waals surface area contributed by atoms with Crippen molar-refractivity contribution < 1.29 is 54.1 Å². The van der Waals surface area contributed by atoms with Gasteiger partial charge in [-0.2, -0.15) is 26.3 Å². The molecule has 1 atom stereocenters. The minimum atomic E-state index is -4.88. The van der Waals surface area contributed by atoms with Crippen LogP contribution in [-0.4, -0.2) is 50.7 Å². The van der Waals surface area contributed by atoms with Crippen LogP contribution in [0.5, 0.6) is 5.75 Å². The summed E-state index contributed by atoms with van der Waals surface area (Å²) < 4.78 is 116. The number of sulfonamides is 1. The largest absolute Gasteiger partial charge is 0.484 e. The van der Waals surface area contributed by atoms with E-state index in [0.29, 0.717) is 30.3 Å². The summed E-state index contributed by atoms with van der Waals surface area (Å²) in [5.74, 6) is -0.0899. The van der Waals surface area contributed by atoms with Gasteiger partial charge < -0.3 is 14.6 Å². The molecule has 2 aromatic carbocycles. The van der Waals surface area contributed by atoms with Gasteiger partial charge in [0.2, 0.25) is 5.60 Å². The van der Waals surface area contributed by atoms with E-state index in [1.54, 1.807) is 0 Å². The molecule has 0 bridgehead atoms. The molecular formula is C22H22F6N2O6S. The molecule has 0 spiro atoms. The first-order valence-corrected chi connectivity index (χ1v) is 12.0. The van der Waals surface area contributed by atoms with E-state index in [4.69, 9.17) is 4.74 Å². The molecule has 15 heteroatoms. The van der Waals surface area contributed by atoms with Gasteiger partial charge in [-0.3, -0.25) is 9.62 Å². The lowest BCUT2D eigenvalue weighted by Gasteiger charge is -2.36. The van der Waals surface area contributed by atoms with Crippen LogP contribution in [-0.2, 0) is 20.9 Å². The Kier molecular flexibility index (Phi) is 7.36. The monoisotopic (exact) mass is 556 g/mol. The number of ether oxygens (including phenoxy) is 2. The van der Waals surface area contributed by atoms with E-state index in [1.807, 2.05) is 0 Å². The van der Waals surface area contributed by atoms with Gasteiger partial charge in [-0.15, -0.1) is 0 Å². The quantitative estimate of drug-likeness (QED) is 0.511. The number of amides is 1. The number of hydrogen-bond acceptors (Lipinski definition) is 6. The standard InChI is InChI=1S/C22H22F6N2O6S/c1-12-16(29-19(32)36-20(2,3)22(26,27)28)7-8-17-18(12)30(10-14(11-31)35-17)37(33,34)15-6-4-5-13(9-15)21(23,24)25/h4-9,14,31H,10-11H2,1-3H3,(H,29,32). The molecule has 1 aliphatic heterocycles. The maximum absolute atomic E-state index is 13.5. The minimum Gasteiger partial charge on any atom is -0.484 e. The van der Waals surface area contributed by atoms with E-state index in [0.717, 1.165) is 12.1 Å². The van der Waals surface area contributed by atoms with Crippen LogP contribution in [0.15, 0.2) is 41.3 Å². The zero-order valence-corrected chi connectivity index (χ0v) is 20.4. The molecule has 37 heavy (non-hydrogen) atoms. The molecule has 1 unspecified atom stereocenters. The fourth-order valence-corrected chi connectivity index (χ4v) is 5.02. The van der Waals surface area contributed by atoms with E-state index < -0.39 is 63.8 Å². The Labute approximate surface area is 207 Å². The normalized spacial score (nSPS) is 16.6. The molecular weight excluding hydrogens is 534 g/mol. The number of fused-ring (bicyclic) bond motifs is 1. The highest BCUT2D eigenvalue weighted by molar-refractivity contribution is 7.92. The Morgan fingerprint density at radius 1 is 1.16 bits per heavy atom. The number of anilines is 2. The van der Waals surface area contributed by atoms with Gasteiger partial charge in [0, 0.05) is 11.3 Å². The zero-order chi connectivity index (χ0) is 28.0. The highest BCUT2D eigenvalue weighted by Gasteiger charge is 2.51. The Bertz CT molecular complexity index is 1290. The van der Waals surface area contributed by atoms with E-state index in [1.165, 1.54) is 19.1 Å². The first-order valence-electron chi connectivity index (χ1n) is 10.6. The van der Waals surface area contributed by atoms with Crippen molar-refractivity contribution in [3.8, 4) is 5.75 Å². The van der Waals surface area contributed by atoms with Gasteiger partial charge in [0.1, 0.15) is 11.9 Å². The van der Waals surface area contributed by atoms with E-state index in [2.05, 4.69) is 10.1 Å². The molecule has 0 fully saturated rings. The summed E-state index contributed by atoms with van der Waals surface area (Å²) in [6.07, 6.45) is -12.3. The predicted octanol–water partition coefficient (Wildman–Crippen LogP) is 4.85. The fraction of sp³-hybridized carbons (Fsp3) is 0.409. The molecule has 0 saturated heterocycles. The summed E-state index contributed by atoms with van der Waals surface area (Å²) in [5, 5.41) is 11.7. The maximum Gasteiger partial charge on any atom is 0.427 e. The smallest absolute Gasteiger partial charge is 0.427 e. The van der Waals surface area contributed by atoms with Crippen LogP contribution in [0.1, 0.15) is 25.0 Å². The number of rotatable bonds is 5. The minimum absolute atomic E-state index is 0.00575. The molecule has 8 nitrogen and oxygen atoms in total. The topological polar surface area (TPSA) is 105 Å². The molecule has 1 aliphatic rings. The zero-order valence-electron chi connectivity index (χ0n) is 19.6. The van der Waals surface area contributed by atoms with Crippen LogP contribution >= 0.6 is 0 Å². The van der Waals surface area contributed by atoms with Gasteiger partial charge >= 0.3 is 18.4 Å². The van der Waals surface area contributed by atoms with Gasteiger partial charge in [-0.05, 0) is 51.1 Å². The van der Waals surface area contributed by atoms with Crippen LogP contribution < -0.4 is 14.4 Å². The van der Waals surface area contributed by atoms with Gasteiger partial charge in [0.25, 0.3) is 10.0 Å². The van der Waals surface area contributed by atoms with Crippen molar-refractivity contribution in [3.63, 3.8) is 0 Å². The molecule has 1 amide bonds. The van der Waals surface area contributed by atoms with Crippen molar-refractivity contribution in [1.29, 1.82) is 0 Å². The van der Waals surface area contributed by atoms with Gasteiger partial charge in [0.05, 0.1) is 29.3 Å². The Hall–Kier alpha value is -3.20. The predicted molar refractivity (Wildman–Crippen MR) is 119 cm³/mol. The van der Waals surface area contributed by atoms with Gasteiger partial charge in [-0.1, -0.05) is 6.07 Å². The Morgan fingerprint density at radius 2 is 1.81 bits per heavy atom. The summed E-state index contributed by atoms with van der Waals surface area (Å²) in [6, 6.07) is 5.44. The third-order valence-electron chi connectivity index (χ3n) is 5.53. The van der Waals surface area contributed by atoms with Gasteiger partial charge in [-0.25, -0.2) is 13.2 Å². The SMILES string of the molecule is Cc1c(NC(=O)OC(C)(C)C(F)(F)F)ccc2c1N(S(=O)(=O)c1cccc(C(F)(F)F)c1)CC(CO)O2. The van der Waals surface area contributed by atoms with Crippen LogP contribution in [0.4, 0.5) is 42.5 Å². The average Bonchev–Trinajstić information content (AvgIpc) is 2.78. The second-order valence-electron chi connectivity index (χ2n) is 8.59. The molecule has 3 rings (SSSR count). The number of nitrogens with zero attached hydrogens (tertiary/aromatic N) is 1. The maximum atomic E-state index is 13.5. The second kappa shape index (κ2) is 9.59. The van der Waals surface area contributed by atoms with Crippen molar-refractivity contribution in [2.45, 2.75) is 49.7 Å². The molecule has 1 heterocycles. The second-order valence-corrected chi connectivity index (χ2v) is 10.5. The fourth-order valence-electron chi connectivity index (χ4n) is 3.41. The van der Waals surface area contributed by atoms with Crippen molar-refractivity contribution in [3.05, 3.63) is 47.5 Å². The summed E-state index contributed by atoms with van der Waals surface area (Å²) in [5.41, 5.74) is -4.36. The first-order chi connectivity index (χ1) is 16.9. The first kappa shape index (κ1) is 28.4. The number of aliphatic hydroxyl groups excluding tert-OH is 1. The average molecular weight is 556 g/mol. The van der Waals surface area contributed by atoms with E-state index >= 15 is 0 Å².